The van der Waals surface area contributed by atoms with Crippen LogP contribution in [0, 0.1) is 0 Å². The van der Waals surface area contributed by atoms with Gasteiger partial charge in [0.1, 0.15) is 0 Å². The van der Waals surface area contributed by atoms with E-state index in [9.17, 15) is 0 Å². The van der Waals surface area contributed by atoms with Crippen molar-refractivity contribution in [2.75, 3.05) is 6.66 Å². The Kier molecular flexibility index (Phi) is 2.66. The zero-order chi connectivity index (χ0) is 5.15. The van der Waals surface area contributed by atoms with Gasteiger partial charge in [-0.25, -0.2) is 0 Å². The molecule has 2 nitrogen and oxygen atoms in total. The molecule has 0 aromatic carbocycles. The van der Waals surface area contributed by atoms with Crippen molar-refractivity contribution in [1.82, 2.24) is 0 Å². The molecule has 0 spiro atoms. The standard InChI is InChI=1S/C3H10NOP/c1-3(5)6(2)4/h3,5H,4H2,1-2H3. The molecule has 0 aliphatic heterocycles. The fourth-order valence-electron chi connectivity index (χ4n) is 0. The summed E-state index contributed by atoms with van der Waals surface area (Å²) in [6.07, 6.45) is 0. The Hall–Kier alpha value is 0.350. The van der Waals surface area contributed by atoms with Crippen LogP contribution in [-0.2, 0) is 0 Å². The molecule has 0 amide bonds. The fourth-order valence-corrected chi connectivity index (χ4v) is 0. The average Bonchev–Trinajstić information content (AvgIpc) is 1.36. The quantitative estimate of drug-likeness (QED) is 0.474. The predicted molar refractivity (Wildman–Crippen MR) is 28.7 cm³/mol. The Morgan fingerprint density at radius 3 is 2.00 bits per heavy atom. The van der Waals surface area contributed by atoms with Crippen LogP contribution >= 0.6 is 8.07 Å². The van der Waals surface area contributed by atoms with Gasteiger partial charge < -0.3 is 10.6 Å². The number of nitrogens with two attached hydrogens (primary N) is 1. The van der Waals surface area contributed by atoms with Crippen LogP contribution in [0.2, 0.25) is 0 Å². The molecular formula is C3H10NOP. The lowest BCUT2D eigenvalue weighted by Gasteiger charge is -2.05. The maximum Gasteiger partial charge on any atom is 0.0832 e. The molecule has 2 atom stereocenters. The summed E-state index contributed by atoms with van der Waals surface area (Å²) in [6.45, 7) is 3.53. The normalized spacial score (nSPS) is 20.0. The van der Waals surface area contributed by atoms with Gasteiger partial charge in [-0.2, -0.15) is 0 Å². The molecular weight excluding hydrogens is 97.0 g/mol. The first-order chi connectivity index (χ1) is 2.64. The van der Waals surface area contributed by atoms with E-state index in [-0.39, 0.29) is 5.85 Å². The zero-order valence-electron chi connectivity index (χ0n) is 4.05. The van der Waals surface area contributed by atoms with Crippen molar-refractivity contribution < 1.29 is 5.11 Å². The van der Waals surface area contributed by atoms with Crippen molar-refractivity contribution in [1.29, 1.82) is 0 Å². The topological polar surface area (TPSA) is 46.2 Å². The third kappa shape index (κ3) is 2.58. The maximum atomic E-state index is 8.53. The summed E-state index contributed by atoms with van der Waals surface area (Å²) in [4.78, 5) is 0. The van der Waals surface area contributed by atoms with Gasteiger partial charge in [0.15, 0.2) is 0 Å². The first-order valence-corrected chi connectivity index (χ1v) is 3.73. The molecule has 38 valence electrons. The van der Waals surface area contributed by atoms with E-state index < -0.39 is 8.07 Å². The number of aliphatic hydroxyl groups excluding tert-OH is 1. The minimum absolute atomic E-state index is 0.306. The van der Waals surface area contributed by atoms with E-state index in [1.54, 1.807) is 6.92 Å². The van der Waals surface area contributed by atoms with Gasteiger partial charge in [0.05, 0.1) is 5.85 Å². The number of rotatable bonds is 1. The summed E-state index contributed by atoms with van der Waals surface area (Å²) in [5, 5.41) is 8.53. The van der Waals surface area contributed by atoms with E-state index in [2.05, 4.69) is 0 Å². The maximum absolute atomic E-state index is 8.53. The van der Waals surface area contributed by atoms with Crippen LogP contribution in [0.15, 0.2) is 0 Å². The van der Waals surface area contributed by atoms with Gasteiger partial charge in [-0.1, -0.05) is 0 Å². The summed E-state index contributed by atoms with van der Waals surface area (Å²) in [5.74, 6) is -0.306. The van der Waals surface area contributed by atoms with Gasteiger partial charge in [-0.3, -0.25) is 0 Å². The lowest BCUT2D eigenvalue weighted by molar-refractivity contribution is 0.278. The van der Waals surface area contributed by atoms with E-state index in [0.717, 1.165) is 0 Å². The second-order valence-corrected chi connectivity index (χ2v) is 3.38. The lowest BCUT2D eigenvalue weighted by atomic mass is 10.9. The number of hydrogen-bond acceptors (Lipinski definition) is 2. The molecule has 0 aromatic rings. The molecule has 0 aliphatic carbocycles. The molecule has 0 heterocycles. The van der Waals surface area contributed by atoms with Gasteiger partial charge in [-0.05, 0) is 21.7 Å². The monoisotopic (exact) mass is 107 g/mol. The molecule has 0 fully saturated rings. The molecule has 0 saturated heterocycles. The van der Waals surface area contributed by atoms with Crippen LogP contribution in [0.25, 0.3) is 0 Å². The molecule has 0 aliphatic rings. The van der Waals surface area contributed by atoms with E-state index in [4.69, 9.17) is 10.6 Å². The highest BCUT2D eigenvalue weighted by Crippen LogP contribution is 2.23. The Morgan fingerprint density at radius 1 is 1.83 bits per heavy atom. The summed E-state index contributed by atoms with van der Waals surface area (Å²) < 4.78 is 0. The molecule has 0 aromatic heterocycles. The molecule has 0 radical (unpaired) electrons. The van der Waals surface area contributed by atoms with Crippen molar-refractivity contribution >= 4 is 8.07 Å². The zero-order valence-corrected chi connectivity index (χ0v) is 4.94. The van der Waals surface area contributed by atoms with E-state index in [0.29, 0.717) is 0 Å². The van der Waals surface area contributed by atoms with Crippen LogP contribution in [-0.4, -0.2) is 17.6 Å². The SMILES string of the molecule is CC(O)P(C)N. The van der Waals surface area contributed by atoms with Crippen molar-refractivity contribution in [3.8, 4) is 0 Å². The second-order valence-electron chi connectivity index (χ2n) is 1.30. The fraction of sp³-hybridized carbons (Fsp3) is 1.00. The van der Waals surface area contributed by atoms with Crippen LogP contribution in [0.4, 0.5) is 0 Å². The Bertz CT molecular complexity index is 31.8. The van der Waals surface area contributed by atoms with E-state index in [1.807, 2.05) is 6.66 Å². The third-order valence-electron chi connectivity index (χ3n) is 0.589. The van der Waals surface area contributed by atoms with Crippen LogP contribution in [0.3, 0.4) is 0 Å². The second kappa shape index (κ2) is 2.51. The highest BCUT2D eigenvalue weighted by Gasteiger charge is 1.97. The minimum atomic E-state index is -0.604. The molecule has 0 saturated carbocycles. The van der Waals surface area contributed by atoms with Crippen LogP contribution < -0.4 is 5.50 Å². The summed E-state index contributed by atoms with van der Waals surface area (Å²) in [7, 11) is -0.604. The largest absolute Gasteiger partial charge is 0.388 e. The smallest absolute Gasteiger partial charge is 0.0832 e. The number of hydrogen-bond donors (Lipinski definition) is 2. The van der Waals surface area contributed by atoms with Gasteiger partial charge in [-0.15, -0.1) is 0 Å². The van der Waals surface area contributed by atoms with Gasteiger partial charge in [0.2, 0.25) is 0 Å². The highest BCUT2D eigenvalue weighted by atomic mass is 31.1. The van der Waals surface area contributed by atoms with Gasteiger partial charge >= 0.3 is 0 Å². The molecule has 0 bridgehead atoms. The molecule has 6 heavy (non-hydrogen) atoms. The van der Waals surface area contributed by atoms with Gasteiger partial charge in [0, 0.05) is 0 Å². The van der Waals surface area contributed by atoms with Crippen molar-refractivity contribution in [3.63, 3.8) is 0 Å². The van der Waals surface area contributed by atoms with Crippen LogP contribution in [0.1, 0.15) is 6.92 Å². The number of aliphatic hydroxyl groups is 1. The summed E-state index contributed by atoms with van der Waals surface area (Å²) in [5.41, 5.74) is 5.25. The van der Waals surface area contributed by atoms with Crippen molar-refractivity contribution in [2.24, 2.45) is 5.50 Å². The third-order valence-corrected chi connectivity index (χ3v) is 1.77. The Labute approximate surface area is 39.2 Å². The molecule has 0 rings (SSSR count). The lowest BCUT2D eigenvalue weighted by Crippen LogP contribution is -2.01. The summed E-state index contributed by atoms with van der Waals surface area (Å²) in [6, 6.07) is 0. The van der Waals surface area contributed by atoms with Crippen molar-refractivity contribution in [3.05, 3.63) is 0 Å². The molecule has 2 unspecified atom stereocenters. The van der Waals surface area contributed by atoms with E-state index in [1.165, 1.54) is 0 Å². The minimum Gasteiger partial charge on any atom is -0.388 e. The first kappa shape index (κ1) is 6.35. The predicted octanol–water partition coefficient (Wildman–Crippen LogP) is 0.310. The van der Waals surface area contributed by atoms with Crippen molar-refractivity contribution in [2.45, 2.75) is 12.8 Å². The average molecular weight is 107 g/mol. The first-order valence-electron chi connectivity index (χ1n) is 1.80. The molecule has 3 N–H and O–H groups in total. The van der Waals surface area contributed by atoms with Gasteiger partial charge in [0.25, 0.3) is 0 Å². The van der Waals surface area contributed by atoms with Crippen LogP contribution in [0.5, 0.6) is 0 Å². The van der Waals surface area contributed by atoms with E-state index >= 15 is 0 Å². The highest BCUT2D eigenvalue weighted by molar-refractivity contribution is 7.54. The molecule has 3 heteroatoms. The Morgan fingerprint density at radius 2 is 2.00 bits per heavy atom. The Balaban J connectivity index is 2.99. The summed E-state index contributed by atoms with van der Waals surface area (Å²) >= 11 is 0.